The van der Waals surface area contributed by atoms with E-state index in [1.807, 2.05) is 0 Å². The second-order valence-electron chi connectivity index (χ2n) is 7.44. The van der Waals surface area contributed by atoms with E-state index in [1.165, 1.54) is 46.8 Å². The van der Waals surface area contributed by atoms with Gasteiger partial charge in [0.2, 0.25) is 0 Å². The van der Waals surface area contributed by atoms with Crippen molar-refractivity contribution in [1.82, 2.24) is 4.31 Å². The number of nitro groups is 1. The van der Waals surface area contributed by atoms with Crippen LogP contribution in [0.15, 0.2) is 47.4 Å². The number of aliphatic hydroxyl groups excluding tert-OH is 1. The average molecular weight is 453 g/mol. The van der Waals surface area contributed by atoms with Gasteiger partial charge in [-0.05, 0) is 56.4 Å². The average Bonchev–Trinajstić information content (AvgIpc) is 3.57. The van der Waals surface area contributed by atoms with Crippen LogP contribution in [0.4, 0.5) is 10.1 Å². The highest BCUT2D eigenvalue weighted by Gasteiger charge is 2.43. The van der Waals surface area contributed by atoms with Crippen LogP contribution >= 0.6 is 0 Å². The first-order chi connectivity index (χ1) is 14.8. The number of halogens is 1. The van der Waals surface area contributed by atoms with Gasteiger partial charge in [-0.2, -0.15) is 4.31 Å². The molecule has 0 radical (unpaired) electrons. The molecule has 8 nitrogen and oxygen atoms in total. The molecule has 0 bridgehead atoms. The molecule has 0 saturated heterocycles. The minimum absolute atomic E-state index is 0.00104. The van der Waals surface area contributed by atoms with Crippen molar-refractivity contribution in [3.8, 4) is 5.75 Å². The lowest BCUT2D eigenvalue weighted by Crippen LogP contribution is -2.36. The number of hydrogen-bond acceptors (Lipinski definition) is 6. The zero-order valence-electron chi connectivity index (χ0n) is 17.1. The molecule has 1 atom stereocenters. The van der Waals surface area contributed by atoms with E-state index in [0.29, 0.717) is 31.2 Å². The third-order valence-electron chi connectivity index (χ3n) is 5.15. The summed E-state index contributed by atoms with van der Waals surface area (Å²) in [6.45, 7) is 1.91. The van der Waals surface area contributed by atoms with E-state index in [4.69, 9.17) is 9.84 Å². The Balaban J connectivity index is 1.93. The third-order valence-corrected chi connectivity index (χ3v) is 7.22. The van der Waals surface area contributed by atoms with Gasteiger partial charge in [0.05, 0.1) is 11.5 Å². The fourth-order valence-corrected chi connectivity index (χ4v) is 5.45. The summed E-state index contributed by atoms with van der Waals surface area (Å²) in [7, 11) is -4.18. The Morgan fingerprint density at radius 2 is 1.97 bits per heavy atom. The number of aliphatic hydroxyl groups is 1. The molecule has 1 aliphatic rings. The maximum absolute atomic E-state index is 14.2. The van der Waals surface area contributed by atoms with Gasteiger partial charge in [-0.3, -0.25) is 10.1 Å². The number of nitrogens with zero attached hydrogens (tertiary/aromatic N) is 2. The Morgan fingerprint density at radius 3 is 2.61 bits per heavy atom. The molecule has 1 N–H and O–H groups in total. The number of sulfonamides is 1. The highest BCUT2D eigenvalue weighted by Crippen LogP contribution is 2.41. The van der Waals surface area contributed by atoms with Crippen LogP contribution < -0.4 is 4.74 Å². The molecular weight excluding hydrogens is 427 g/mol. The number of ether oxygens (including phenoxy) is 1. The number of benzene rings is 2. The smallest absolute Gasteiger partial charge is 0.289 e. The van der Waals surface area contributed by atoms with Gasteiger partial charge < -0.3 is 9.84 Å². The molecular formula is C21H25FN2O6S. The molecule has 0 amide bonds. The minimum atomic E-state index is -4.18. The number of nitro benzene ring substituents is 1. The largest absolute Gasteiger partial charge is 0.491 e. The van der Waals surface area contributed by atoms with E-state index in [0.717, 1.165) is 0 Å². The lowest BCUT2D eigenvalue weighted by Gasteiger charge is -2.29. The molecule has 31 heavy (non-hydrogen) atoms. The van der Waals surface area contributed by atoms with Crippen molar-refractivity contribution < 1.29 is 27.6 Å². The number of unbranched alkanes of at least 4 members (excludes halogenated alkanes) is 1. The summed E-state index contributed by atoms with van der Waals surface area (Å²) in [5, 5.41) is 20.2. The minimum Gasteiger partial charge on any atom is -0.491 e. The molecule has 1 fully saturated rings. The SMILES string of the molecule is CC(c1ccc(F)c(OCCCCO)c1)N(C1CC1)S(=O)(=O)c1ccccc1[N+](=O)[O-]. The molecule has 0 spiro atoms. The highest BCUT2D eigenvalue weighted by molar-refractivity contribution is 7.89. The van der Waals surface area contributed by atoms with Gasteiger partial charge in [-0.25, -0.2) is 12.8 Å². The van der Waals surface area contributed by atoms with Gasteiger partial charge in [-0.1, -0.05) is 18.2 Å². The van der Waals surface area contributed by atoms with Crippen molar-refractivity contribution in [2.24, 2.45) is 0 Å². The van der Waals surface area contributed by atoms with E-state index >= 15 is 0 Å². The van der Waals surface area contributed by atoms with Crippen LogP contribution in [-0.4, -0.2) is 42.0 Å². The predicted octanol–water partition coefficient (Wildman–Crippen LogP) is 3.80. The lowest BCUT2D eigenvalue weighted by molar-refractivity contribution is -0.387. The molecule has 3 rings (SSSR count). The van der Waals surface area contributed by atoms with E-state index in [2.05, 4.69) is 0 Å². The zero-order valence-corrected chi connectivity index (χ0v) is 17.9. The van der Waals surface area contributed by atoms with Crippen molar-refractivity contribution in [1.29, 1.82) is 0 Å². The standard InChI is InChI=1S/C21H25FN2O6S/c1-15(16-8-11-18(22)20(14-16)30-13-5-4-12-25)23(17-9-10-17)31(28,29)21-7-3-2-6-19(21)24(26)27/h2-3,6-8,11,14-15,17,25H,4-5,9-10,12-13H2,1H3. The summed E-state index contributed by atoms with van der Waals surface area (Å²) < 4.78 is 47.8. The van der Waals surface area contributed by atoms with Crippen LogP contribution in [-0.2, 0) is 10.0 Å². The molecule has 168 valence electrons. The van der Waals surface area contributed by atoms with Gasteiger partial charge in [0.15, 0.2) is 16.5 Å². The normalized spacial score (nSPS) is 15.1. The molecule has 0 heterocycles. The summed E-state index contributed by atoms with van der Waals surface area (Å²) in [6, 6.07) is 8.48. The quantitative estimate of drug-likeness (QED) is 0.315. The molecule has 2 aromatic rings. The van der Waals surface area contributed by atoms with E-state index in [9.17, 15) is 22.9 Å². The zero-order chi connectivity index (χ0) is 22.6. The maximum Gasteiger partial charge on any atom is 0.289 e. The third kappa shape index (κ3) is 5.20. The van der Waals surface area contributed by atoms with Gasteiger partial charge >= 0.3 is 0 Å². The predicted molar refractivity (Wildman–Crippen MR) is 112 cm³/mol. The first-order valence-electron chi connectivity index (χ1n) is 10.1. The van der Waals surface area contributed by atoms with Gasteiger partial charge in [0, 0.05) is 24.8 Å². The number of rotatable bonds is 11. The summed E-state index contributed by atoms with van der Waals surface area (Å²) in [4.78, 5) is 10.3. The number of hydrogen-bond donors (Lipinski definition) is 1. The van der Waals surface area contributed by atoms with Crippen molar-refractivity contribution in [3.63, 3.8) is 0 Å². The molecule has 0 aliphatic heterocycles. The molecule has 1 aliphatic carbocycles. The Morgan fingerprint density at radius 1 is 1.26 bits per heavy atom. The molecule has 1 unspecified atom stereocenters. The van der Waals surface area contributed by atoms with Crippen LogP contribution in [0.1, 0.15) is 44.2 Å². The molecule has 10 heteroatoms. The van der Waals surface area contributed by atoms with E-state index in [1.54, 1.807) is 6.92 Å². The Kier molecular flexibility index (Phi) is 7.24. The van der Waals surface area contributed by atoms with Crippen LogP contribution in [0, 0.1) is 15.9 Å². The van der Waals surface area contributed by atoms with E-state index in [-0.39, 0.29) is 29.9 Å². The highest BCUT2D eigenvalue weighted by atomic mass is 32.2. The van der Waals surface area contributed by atoms with Crippen molar-refractivity contribution in [3.05, 3.63) is 64.0 Å². The monoisotopic (exact) mass is 452 g/mol. The van der Waals surface area contributed by atoms with Crippen LogP contribution in [0.3, 0.4) is 0 Å². The topological polar surface area (TPSA) is 110 Å². The summed E-state index contributed by atoms with van der Waals surface area (Å²) in [6.07, 6.45) is 2.38. The van der Waals surface area contributed by atoms with Crippen molar-refractivity contribution in [2.75, 3.05) is 13.2 Å². The van der Waals surface area contributed by atoms with Crippen molar-refractivity contribution >= 4 is 15.7 Å². The van der Waals surface area contributed by atoms with E-state index < -0.39 is 32.5 Å². The van der Waals surface area contributed by atoms with Crippen LogP contribution in [0.2, 0.25) is 0 Å². The van der Waals surface area contributed by atoms with Crippen molar-refractivity contribution in [2.45, 2.75) is 49.6 Å². The first kappa shape index (κ1) is 23.1. The second kappa shape index (κ2) is 9.71. The summed E-state index contributed by atoms with van der Waals surface area (Å²) >= 11 is 0. The number of para-hydroxylation sites is 1. The van der Waals surface area contributed by atoms with Gasteiger partial charge in [0.1, 0.15) is 0 Å². The molecule has 1 saturated carbocycles. The fraction of sp³-hybridized carbons (Fsp3) is 0.429. The molecule has 0 aromatic heterocycles. The fourth-order valence-electron chi connectivity index (χ4n) is 3.42. The summed E-state index contributed by atoms with van der Waals surface area (Å²) in [5.41, 5.74) is 0.0416. The maximum atomic E-state index is 14.2. The Bertz CT molecular complexity index is 1040. The second-order valence-corrected chi connectivity index (χ2v) is 9.25. The van der Waals surface area contributed by atoms with Crippen LogP contribution in [0.25, 0.3) is 0 Å². The Hall–Kier alpha value is -2.56. The van der Waals surface area contributed by atoms with Gasteiger partial charge in [-0.15, -0.1) is 0 Å². The first-order valence-corrected chi connectivity index (χ1v) is 11.5. The summed E-state index contributed by atoms with van der Waals surface area (Å²) in [5.74, 6) is -0.569. The molecule has 2 aromatic carbocycles. The lowest BCUT2D eigenvalue weighted by atomic mass is 10.1. The van der Waals surface area contributed by atoms with Crippen LogP contribution in [0.5, 0.6) is 5.75 Å². The van der Waals surface area contributed by atoms with Gasteiger partial charge in [0.25, 0.3) is 15.7 Å². The Labute approximate surface area is 180 Å².